The number of carbonyl (C=O) groups is 1. The molecule has 2 heterocycles. The first-order valence-electron chi connectivity index (χ1n) is 7.23. The number of aryl methyl sites for hydroxylation is 3. The fourth-order valence-electron chi connectivity index (χ4n) is 2.17. The van der Waals surface area contributed by atoms with Crippen molar-refractivity contribution < 1.29 is 4.79 Å². The highest BCUT2D eigenvalue weighted by atomic mass is 16.2. The quantitative estimate of drug-likeness (QED) is 0.780. The van der Waals surface area contributed by atoms with Crippen LogP contribution in [-0.2, 0) is 17.8 Å². The number of hydrogen-bond acceptors (Lipinski definition) is 5. The minimum absolute atomic E-state index is 0.149. The van der Waals surface area contributed by atoms with Crippen molar-refractivity contribution in [2.45, 2.75) is 33.7 Å². The molecule has 0 aliphatic carbocycles. The second-order valence-electron chi connectivity index (χ2n) is 5.37. The summed E-state index contributed by atoms with van der Waals surface area (Å²) in [4.78, 5) is 45.5. The highest BCUT2D eigenvalue weighted by Gasteiger charge is 2.07. The number of nitrogens with zero attached hydrogens (tertiary/aromatic N) is 3. The lowest BCUT2D eigenvalue weighted by molar-refractivity contribution is -0.121. The molecule has 2 aromatic heterocycles. The Morgan fingerprint density at radius 3 is 2.52 bits per heavy atom. The fraction of sp³-hybridized carbons (Fsp3) is 0.400. The van der Waals surface area contributed by atoms with E-state index in [0.717, 1.165) is 11.4 Å². The van der Waals surface area contributed by atoms with E-state index in [1.807, 2.05) is 19.9 Å². The molecule has 8 nitrogen and oxygen atoms in total. The van der Waals surface area contributed by atoms with E-state index in [0.29, 0.717) is 24.4 Å². The summed E-state index contributed by atoms with van der Waals surface area (Å²) in [6, 6.07) is 1.88. The predicted molar refractivity (Wildman–Crippen MR) is 84.3 cm³/mol. The Labute approximate surface area is 132 Å². The van der Waals surface area contributed by atoms with Gasteiger partial charge in [-0.3, -0.25) is 19.1 Å². The van der Waals surface area contributed by atoms with Crippen LogP contribution in [0, 0.1) is 20.8 Å². The molecule has 0 radical (unpaired) electrons. The van der Waals surface area contributed by atoms with Crippen molar-refractivity contribution >= 4 is 5.91 Å². The van der Waals surface area contributed by atoms with Crippen molar-refractivity contribution in [1.82, 2.24) is 24.8 Å². The Kier molecular flexibility index (Phi) is 5.05. The highest BCUT2D eigenvalue weighted by molar-refractivity contribution is 5.75. The van der Waals surface area contributed by atoms with Gasteiger partial charge >= 0.3 is 5.69 Å². The van der Waals surface area contributed by atoms with E-state index in [-0.39, 0.29) is 12.5 Å². The SMILES string of the molecule is Cc1cc(C)nc(CCNC(=O)Cn2cc(C)c(=O)[nH]c2=O)n1. The van der Waals surface area contributed by atoms with Gasteiger partial charge in [0.25, 0.3) is 5.56 Å². The predicted octanol–water partition coefficient (Wildman–Crippen LogP) is -0.389. The van der Waals surface area contributed by atoms with Crippen LogP contribution in [0.15, 0.2) is 21.9 Å². The van der Waals surface area contributed by atoms with Crippen LogP contribution in [-0.4, -0.2) is 32.0 Å². The van der Waals surface area contributed by atoms with Crippen molar-refractivity contribution in [3.05, 3.63) is 55.9 Å². The molecule has 0 fully saturated rings. The van der Waals surface area contributed by atoms with Crippen LogP contribution in [0.4, 0.5) is 0 Å². The second-order valence-corrected chi connectivity index (χ2v) is 5.37. The average molecular weight is 317 g/mol. The van der Waals surface area contributed by atoms with Crippen LogP contribution >= 0.6 is 0 Å². The maximum atomic E-state index is 11.9. The molecule has 0 saturated carbocycles. The Bertz CT molecular complexity index is 817. The third-order valence-corrected chi connectivity index (χ3v) is 3.20. The van der Waals surface area contributed by atoms with E-state index in [9.17, 15) is 14.4 Å². The normalized spacial score (nSPS) is 10.6. The molecule has 0 aliphatic heterocycles. The number of H-pyrrole nitrogens is 1. The Hall–Kier alpha value is -2.77. The molecule has 23 heavy (non-hydrogen) atoms. The first kappa shape index (κ1) is 16.6. The monoisotopic (exact) mass is 317 g/mol. The lowest BCUT2D eigenvalue weighted by Gasteiger charge is -2.08. The summed E-state index contributed by atoms with van der Waals surface area (Å²) in [6.45, 7) is 5.58. The molecule has 0 saturated heterocycles. The Balaban J connectivity index is 1.92. The zero-order valence-corrected chi connectivity index (χ0v) is 13.3. The lowest BCUT2D eigenvalue weighted by atomic mass is 10.3. The summed E-state index contributed by atoms with van der Waals surface area (Å²) in [5.74, 6) is 0.350. The molecular weight excluding hydrogens is 298 g/mol. The standard InChI is InChI=1S/C15H19N5O3/c1-9-7-20(15(23)19-14(9)22)8-13(21)16-5-4-12-17-10(2)6-11(3)18-12/h6-7H,4-5,8H2,1-3H3,(H,16,21)(H,19,22,23). The largest absolute Gasteiger partial charge is 0.354 e. The first-order chi connectivity index (χ1) is 10.8. The smallest absolute Gasteiger partial charge is 0.328 e. The number of nitrogens with one attached hydrogen (secondary N) is 2. The van der Waals surface area contributed by atoms with Crippen LogP contribution in [0.1, 0.15) is 22.8 Å². The molecule has 0 unspecified atom stereocenters. The molecule has 0 aromatic carbocycles. The van der Waals surface area contributed by atoms with E-state index in [1.165, 1.54) is 10.8 Å². The van der Waals surface area contributed by atoms with Gasteiger partial charge in [0.1, 0.15) is 12.4 Å². The van der Waals surface area contributed by atoms with Crippen LogP contribution in [0.3, 0.4) is 0 Å². The third kappa shape index (κ3) is 4.60. The summed E-state index contributed by atoms with van der Waals surface area (Å²) in [5.41, 5.74) is 1.09. The van der Waals surface area contributed by atoms with Crippen molar-refractivity contribution in [3.8, 4) is 0 Å². The van der Waals surface area contributed by atoms with Gasteiger partial charge in [0.2, 0.25) is 5.91 Å². The van der Waals surface area contributed by atoms with Crippen molar-refractivity contribution in [3.63, 3.8) is 0 Å². The maximum absolute atomic E-state index is 11.9. The summed E-state index contributed by atoms with van der Waals surface area (Å²) in [7, 11) is 0. The summed E-state index contributed by atoms with van der Waals surface area (Å²) in [5, 5.41) is 2.71. The van der Waals surface area contributed by atoms with Crippen molar-refractivity contribution in [2.24, 2.45) is 0 Å². The molecule has 2 aromatic rings. The summed E-state index contributed by atoms with van der Waals surface area (Å²) < 4.78 is 1.17. The van der Waals surface area contributed by atoms with E-state index in [4.69, 9.17) is 0 Å². The number of aromatic nitrogens is 4. The fourth-order valence-corrected chi connectivity index (χ4v) is 2.17. The zero-order chi connectivity index (χ0) is 17.0. The molecule has 0 aliphatic rings. The van der Waals surface area contributed by atoms with Crippen LogP contribution in [0.5, 0.6) is 0 Å². The number of aromatic amines is 1. The molecule has 8 heteroatoms. The number of hydrogen-bond donors (Lipinski definition) is 2. The van der Waals surface area contributed by atoms with E-state index in [2.05, 4.69) is 20.3 Å². The highest BCUT2D eigenvalue weighted by Crippen LogP contribution is 1.99. The number of rotatable bonds is 5. The van der Waals surface area contributed by atoms with Gasteiger partial charge in [0.15, 0.2) is 0 Å². The van der Waals surface area contributed by atoms with Gasteiger partial charge in [0, 0.05) is 36.1 Å². The third-order valence-electron chi connectivity index (χ3n) is 3.20. The Morgan fingerprint density at radius 2 is 1.87 bits per heavy atom. The van der Waals surface area contributed by atoms with Gasteiger partial charge in [-0.05, 0) is 26.8 Å². The molecule has 2 N–H and O–H groups in total. The molecule has 122 valence electrons. The molecule has 0 bridgehead atoms. The van der Waals surface area contributed by atoms with Gasteiger partial charge < -0.3 is 5.32 Å². The van der Waals surface area contributed by atoms with E-state index < -0.39 is 11.2 Å². The van der Waals surface area contributed by atoms with Gasteiger partial charge in [0.05, 0.1) is 0 Å². The summed E-state index contributed by atoms with van der Waals surface area (Å²) in [6.07, 6.45) is 1.88. The lowest BCUT2D eigenvalue weighted by Crippen LogP contribution is -2.37. The first-order valence-corrected chi connectivity index (χ1v) is 7.23. The maximum Gasteiger partial charge on any atom is 0.328 e. The Morgan fingerprint density at radius 1 is 1.22 bits per heavy atom. The number of amides is 1. The minimum atomic E-state index is -0.603. The minimum Gasteiger partial charge on any atom is -0.354 e. The van der Waals surface area contributed by atoms with Crippen LogP contribution in [0.25, 0.3) is 0 Å². The van der Waals surface area contributed by atoms with Gasteiger partial charge in [-0.25, -0.2) is 14.8 Å². The molecular formula is C15H19N5O3. The summed E-state index contributed by atoms with van der Waals surface area (Å²) >= 11 is 0. The molecule has 0 spiro atoms. The van der Waals surface area contributed by atoms with Gasteiger partial charge in [-0.15, -0.1) is 0 Å². The molecule has 1 amide bonds. The van der Waals surface area contributed by atoms with Gasteiger partial charge in [-0.1, -0.05) is 0 Å². The van der Waals surface area contributed by atoms with Crippen molar-refractivity contribution in [2.75, 3.05) is 6.54 Å². The van der Waals surface area contributed by atoms with Gasteiger partial charge in [-0.2, -0.15) is 0 Å². The number of carbonyl (C=O) groups excluding carboxylic acids is 1. The molecule has 2 rings (SSSR count). The van der Waals surface area contributed by atoms with E-state index in [1.54, 1.807) is 6.92 Å². The van der Waals surface area contributed by atoms with E-state index >= 15 is 0 Å². The molecule has 0 atom stereocenters. The zero-order valence-electron chi connectivity index (χ0n) is 13.3. The van der Waals surface area contributed by atoms with Crippen LogP contribution < -0.4 is 16.6 Å². The second kappa shape index (κ2) is 6.99. The van der Waals surface area contributed by atoms with Crippen molar-refractivity contribution in [1.29, 1.82) is 0 Å². The van der Waals surface area contributed by atoms with Crippen LogP contribution in [0.2, 0.25) is 0 Å². The average Bonchev–Trinajstić information content (AvgIpc) is 2.43. The topological polar surface area (TPSA) is 110 Å².